The van der Waals surface area contributed by atoms with E-state index in [-0.39, 0.29) is 5.41 Å². The maximum Gasteiger partial charge on any atom is 0.0780 e. The topological polar surface area (TPSA) is 12.9 Å². The van der Waals surface area contributed by atoms with Crippen LogP contribution in [0.15, 0.2) is 164 Å². The highest BCUT2D eigenvalue weighted by Gasteiger charge is 2.51. The Labute approximate surface area is 262 Å². The monoisotopic (exact) mass is 569 g/mol. The Balaban J connectivity index is 1.17. The van der Waals surface area contributed by atoms with E-state index in [1.807, 2.05) is 12.3 Å². The molecule has 7 aromatic carbocycles. The van der Waals surface area contributed by atoms with Crippen LogP contribution in [0.4, 0.5) is 0 Å². The van der Waals surface area contributed by atoms with Gasteiger partial charge in [0.2, 0.25) is 0 Å². The second-order valence-electron chi connectivity index (χ2n) is 12.3. The molecule has 0 aliphatic heterocycles. The number of fused-ring (bicyclic) bond motifs is 13. The van der Waals surface area contributed by atoms with E-state index in [4.69, 9.17) is 4.98 Å². The summed E-state index contributed by atoms with van der Waals surface area (Å²) in [5.74, 6) is 0. The zero-order chi connectivity index (χ0) is 29.5. The van der Waals surface area contributed by atoms with Gasteiger partial charge < -0.3 is 0 Å². The Kier molecular flexibility index (Phi) is 4.99. The van der Waals surface area contributed by atoms with Gasteiger partial charge in [0.25, 0.3) is 0 Å². The molecule has 1 heteroatoms. The first-order valence-electron chi connectivity index (χ1n) is 15.6. The first-order chi connectivity index (χ1) is 22.3. The van der Waals surface area contributed by atoms with E-state index in [0.717, 1.165) is 5.52 Å². The molecule has 10 rings (SSSR count). The summed E-state index contributed by atoms with van der Waals surface area (Å²) in [6.07, 6.45) is 1.88. The van der Waals surface area contributed by atoms with Crippen molar-refractivity contribution < 1.29 is 0 Å². The average Bonchev–Trinajstić information content (AvgIpc) is 3.58. The van der Waals surface area contributed by atoms with Gasteiger partial charge in [0, 0.05) is 17.0 Å². The minimum Gasteiger partial charge on any atom is -0.256 e. The lowest BCUT2D eigenvalue weighted by molar-refractivity contribution is 0.794. The van der Waals surface area contributed by atoms with Gasteiger partial charge in [0.1, 0.15) is 0 Å². The Morgan fingerprint density at radius 2 is 0.889 bits per heavy atom. The molecule has 0 radical (unpaired) electrons. The van der Waals surface area contributed by atoms with Gasteiger partial charge in [-0.05, 0) is 96.4 Å². The number of hydrogen-bond acceptors (Lipinski definition) is 1. The Morgan fingerprint density at radius 3 is 1.58 bits per heavy atom. The molecule has 0 fully saturated rings. The lowest BCUT2D eigenvalue weighted by Crippen LogP contribution is -2.25. The number of benzene rings is 7. The first kappa shape index (κ1) is 24.6. The molecule has 1 nitrogen and oxygen atoms in total. The second kappa shape index (κ2) is 9.11. The van der Waals surface area contributed by atoms with Crippen molar-refractivity contribution in [3.8, 4) is 44.5 Å². The third-order valence-electron chi connectivity index (χ3n) is 10.1. The number of aromatic nitrogens is 1. The summed E-state index contributed by atoms with van der Waals surface area (Å²) in [7, 11) is 0. The minimum absolute atomic E-state index is 0.334. The summed E-state index contributed by atoms with van der Waals surface area (Å²) in [5.41, 5.74) is 16.4. The molecule has 0 N–H and O–H groups in total. The van der Waals surface area contributed by atoms with E-state index in [1.54, 1.807) is 0 Å². The molecule has 0 atom stereocenters. The Hall–Kier alpha value is -5.79. The van der Waals surface area contributed by atoms with Crippen LogP contribution in [0.2, 0.25) is 0 Å². The number of rotatable bonds is 2. The summed E-state index contributed by atoms with van der Waals surface area (Å²) in [6, 6.07) is 58.4. The van der Waals surface area contributed by atoms with Crippen LogP contribution < -0.4 is 0 Å². The van der Waals surface area contributed by atoms with E-state index in [2.05, 4.69) is 152 Å². The van der Waals surface area contributed by atoms with Gasteiger partial charge in [-0.15, -0.1) is 0 Å². The normalized spacial score (nSPS) is 13.5. The van der Waals surface area contributed by atoms with Crippen molar-refractivity contribution in [2.45, 2.75) is 5.41 Å². The molecule has 0 amide bonds. The summed E-state index contributed by atoms with van der Waals surface area (Å²) in [4.78, 5) is 4.73. The van der Waals surface area contributed by atoms with E-state index >= 15 is 0 Å². The van der Waals surface area contributed by atoms with Gasteiger partial charge in [0.05, 0.1) is 10.9 Å². The van der Waals surface area contributed by atoms with E-state index in [9.17, 15) is 0 Å². The fraction of sp³-hybridized carbons (Fsp3) is 0.0227. The fourth-order valence-corrected chi connectivity index (χ4v) is 8.20. The van der Waals surface area contributed by atoms with Crippen LogP contribution >= 0.6 is 0 Å². The average molecular weight is 570 g/mol. The molecular weight excluding hydrogens is 542 g/mol. The van der Waals surface area contributed by atoms with E-state index in [0.29, 0.717) is 0 Å². The summed E-state index contributed by atoms with van der Waals surface area (Å²) in [6.45, 7) is 0. The zero-order valence-corrected chi connectivity index (χ0v) is 24.5. The highest BCUT2D eigenvalue weighted by molar-refractivity contribution is 6.06. The summed E-state index contributed by atoms with van der Waals surface area (Å²) < 4.78 is 0. The first-order valence-corrected chi connectivity index (χ1v) is 15.6. The standard InChI is InChI=1S/C44H27N/c1-4-15-39-34(12-1)35-13-2-5-16-40(35)44(39)41-17-6-3-14-36(41)37-23-22-33(27-42(37)44)31-10-7-9-30(25-31)32-21-19-28-18-20-29-11-8-24-45-43(29)38(28)26-32/h1-27H. The number of hydrogen-bond donors (Lipinski definition) is 0. The van der Waals surface area contributed by atoms with Gasteiger partial charge in [-0.2, -0.15) is 0 Å². The predicted molar refractivity (Wildman–Crippen MR) is 186 cm³/mol. The lowest BCUT2D eigenvalue weighted by Gasteiger charge is -2.30. The van der Waals surface area contributed by atoms with Crippen molar-refractivity contribution in [2.75, 3.05) is 0 Å². The van der Waals surface area contributed by atoms with Crippen molar-refractivity contribution in [3.63, 3.8) is 0 Å². The summed E-state index contributed by atoms with van der Waals surface area (Å²) in [5, 5.41) is 3.56. The molecule has 0 bridgehead atoms. The third kappa shape index (κ3) is 3.30. The van der Waals surface area contributed by atoms with Crippen LogP contribution in [0.25, 0.3) is 66.2 Å². The minimum atomic E-state index is -0.334. The molecular formula is C44H27N. The number of nitrogens with zero attached hydrogens (tertiary/aromatic N) is 1. The highest BCUT2D eigenvalue weighted by atomic mass is 14.6. The van der Waals surface area contributed by atoms with Gasteiger partial charge >= 0.3 is 0 Å². The van der Waals surface area contributed by atoms with Crippen molar-refractivity contribution in [1.82, 2.24) is 4.98 Å². The Bertz CT molecular complexity index is 2440. The molecule has 2 aliphatic carbocycles. The van der Waals surface area contributed by atoms with Crippen LogP contribution in [0.5, 0.6) is 0 Å². The third-order valence-corrected chi connectivity index (χ3v) is 10.1. The maximum atomic E-state index is 4.73. The van der Waals surface area contributed by atoms with Gasteiger partial charge in [0.15, 0.2) is 0 Å². The van der Waals surface area contributed by atoms with Gasteiger partial charge in [-0.1, -0.05) is 133 Å². The van der Waals surface area contributed by atoms with Crippen LogP contribution in [0.1, 0.15) is 22.3 Å². The van der Waals surface area contributed by atoms with Crippen molar-refractivity contribution in [3.05, 3.63) is 186 Å². The Morgan fingerprint density at radius 1 is 0.356 bits per heavy atom. The predicted octanol–water partition coefficient (Wildman–Crippen LogP) is 11.1. The molecule has 1 spiro atoms. The molecule has 1 aromatic heterocycles. The molecule has 0 saturated heterocycles. The van der Waals surface area contributed by atoms with E-state index < -0.39 is 0 Å². The van der Waals surface area contributed by atoms with Crippen LogP contribution in [-0.2, 0) is 5.41 Å². The lowest BCUT2D eigenvalue weighted by atomic mass is 9.70. The summed E-state index contributed by atoms with van der Waals surface area (Å²) >= 11 is 0. The van der Waals surface area contributed by atoms with E-state index in [1.165, 1.54) is 82.9 Å². The van der Waals surface area contributed by atoms with Crippen LogP contribution in [0.3, 0.4) is 0 Å². The molecule has 208 valence electrons. The van der Waals surface area contributed by atoms with Gasteiger partial charge in [-0.3, -0.25) is 4.98 Å². The number of pyridine rings is 1. The molecule has 8 aromatic rings. The quantitative estimate of drug-likeness (QED) is 0.189. The van der Waals surface area contributed by atoms with Gasteiger partial charge in [-0.25, -0.2) is 0 Å². The molecule has 1 heterocycles. The second-order valence-corrected chi connectivity index (χ2v) is 12.3. The smallest absolute Gasteiger partial charge is 0.0780 e. The maximum absolute atomic E-state index is 4.73. The molecule has 0 saturated carbocycles. The largest absolute Gasteiger partial charge is 0.256 e. The van der Waals surface area contributed by atoms with Crippen molar-refractivity contribution >= 4 is 21.7 Å². The van der Waals surface area contributed by atoms with Crippen molar-refractivity contribution in [1.29, 1.82) is 0 Å². The van der Waals surface area contributed by atoms with Crippen LogP contribution in [-0.4, -0.2) is 4.98 Å². The molecule has 45 heavy (non-hydrogen) atoms. The van der Waals surface area contributed by atoms with Crippen molar-refractivity contribution in [2.24, 2.45) is 0 Å². The zero-order valence-electron chi connectivity index (χ0n) is 24.5. The van der Waals surface area contributed by atoms with Crippen LogP contribution in [0, 0.1) is 0 Å². The SMILES string of the molecule is c1cc(-c2ccc3c(c2)C2(c4ccccc4-c4ccccc42)c2ccccc2-3)cc(-c2ccc3ccc4cccnc4c3c2)c1. The fourth-order valence-electron chi connectivity index (χ4n) is 8.20. The molecule has 2 aliphatic rings. The molecule has 0 unspecified atom stereocenters. The highest BCUT2D eigenvalue weighted by Crippen LogP contribution is 2.63.